The lowest BCUT2D eigenvalue weighted by molar-refractivity contribution is -0.138. The van der Waals surface area contributed by atoms with Gasteiger partial charge in [-0.15, -0.1) is 0 Å². The summed E-state index contributed by atoms with van der Waals surface area (Å²) in [7, 11) is 3.12. The molecule has 1 aliphatic heterocycles. The summed E-state index contributed by atoms with van der Waals surface area (Å²) in [5, 5.41) is 1.04. The number of para-hydroxylation sites is 1. The van der Waals surface area contributed by atoms with Gasteiger partial charge in [0.05, 0.1) is 42.7 Å². The Hall–Kier alpha value is -5.67. The monoisotopic (exact) mass is 655 g/mol. The number of aromatic nitrogens is 2. The molecular formula is C39H33N3O5S. The van der Waals surface area contributed by atoms with E-state index in [-0.39, 0.29) is 17.7 Å². The lowest BCUT2D eigenvalue weighted by Gasteiger charge is -2.26. The number of fused-ring (bicyclic) bond motifs is 2. The molecule has 0 aliphatic carbocycles. The van der Waals surface area contributed by atoms with Crippen LogP contribution in [0.25, 0.3) is 22.7 Å². The first-order chi connectivity index (χ1) is 23.5. The molecular weight excluding hydrogens is 623 g/mol. The highest BCUT2D eigenvalue weighted by Crippen LogP contribution is 2.38. The third-order valence-electron chi connectivity index (χ3n) is 8.40. The van der Waals surface area contributed by atoms with Gasteiger partial charge in [-0.1, -0.05) is 96.3 Å². The van der Waals surface area contributed by atoms with Crippen LogP contribution in [0.2, 0.25) is 0 Å². The SMILES string of the molecule is CCOC(=O)C1=C(c2ccccc2)N=c2s/c(=C\c3cn(Cc4ccccc4)c4ccccc34)c(=O)n2[C@H]1c1ccc(OC)c(OC)c1. The van der Waals surface area contributed by atoms with Gasteiger partial charge in [-0.3, -0.25) is 9.36 Å². The minimum atomic E-state index is -0.836. The minimum Gasteiger partial charge on any atom is -0.493 e. The number of hydrogen-bond acceptors (Lipinski definition) is 7. The highest BCUT2D eigenvalue weighted by atomic mass is 32.1. The first kappa shape index (κ1) is 31.0. The Morgan fingerprint density at radius 3 is 2.33 bits per heavy atom. The van der Waals surface area contributed by atoms with Crippen LogP contribution in [-0.4, -0.2) is 35.9 Å². The number of carbonyl (C=O) groups excluding carboxylic acids is 1. The Morgan fingerprint density at radius 1 is 0.896 bits per heavy atom. The Labute approximate surface area is 281 Å². The maximum atomic E-state index is 14.5. The molecule has 0 saturated carbocycles. The van der Waals surface area contributed by atoms with E-state index in [2.05, 4.69) is 35.0 Å². The van der Waals surface area contributed by atoms with Crippen molar-refractivity contribution < 1.29 is 19.0 Å². The summed E-state index contributed by atoms with van der Waals surface area (Å²) in [5.74, 6) is 0.466. The molecule has 4 aromatic carbocycles. The first-order valence-corrected chi connectivity index (χ1v) is 16.4. The number of thiazole rings is 1. The molecule has 7 rings (SSSR count). The molecule has 0 fully saturated rings. The molecule has 2 aromatic heterocycles. The molecule has 8 nitrogen and oxygen atoms in total. The lowest BCUT2D eigenvalue weighted by Crippen LogP contribution is -2.40. The minimum absolute atomic E-state index is 0.167. The predicted octanol–water partition coefficient (Wildman–Crippen LogP) is 5.96. The lowest BCUT2D eigenvalue weighted by atomic mass is 9.93. The normalized spacial score (nSPS) is 14.5. The molecule has 0 spiro atoms. The summed E-state index contributed by atoms with van der Waals surface area (Å²) in [6.45, 7) is 2.62. The van der Waals surface area contributed by atoms with Gasteiger partial charge >= 0.3 is 5.97 Å². The molecule has 9 heteroatoms. The van der Waals surface area contributed by atoms with Gasteiger partial charge in [0.15, 0.2) is 16.3 Å². The highest BCUT2D eigenvalue weighted by molar-refractivity contribution is 7.07. The van der Waals surface area contributed by atoms with Gasteiger partial charge in [-0.25, -0.2) is 9.79 Å². The first-order valence-electron chi connectivity index (χ1n) is 15.6. The van der Waals surface area contributed by atoms with Crippen molar-refractivity contribution in [2.75, 3.05) is 20.8 Å². The molecule has 0 radical (unpaired) electrons. The molecule has 48 heavy (non-hydrogen) atoms. The fraction of sp³-hybridized carbons (Fsp3) is 0.154. The van der Waals surface area contributed by atoms with Crippen LogP contribution in [-0.2, 0) is 16.1 Å². The van der Waals surface area contributed by atoms with Crippen LogP contribution in [0.4, 0.5) is 0 Å². The maximum Gasteiger partial charge on any atom is 0.338 e. The molecule has 3 heterocycles. The third-order valence-corrected chi connectivity index (χ3v) is 9.38. The van der Waals surface area contributed by atoms with E-state index < -0.39 is 12.0 Å². The van der Waals surface area contributed by atoms with E-state index in [4.69, 9.17) is 19.2 Å². The van der Waals surface area contributed by atoms with Crippen molar-refractivity contribution in [2.24, 2.45) is 4.99 Å². The van der Waals surface area contributed by atoms with Crippen molar-refractivity contribution in [1.29, 1.82) is 0 Å². The van der Waals surface area contributed by atoms with Crippen molar-refractivity contribution in [3.63, 3.8) is 0 Å². The maximum absolute atomic E-state index is 14.5. The Morgan fingerprint density at radius 2 is 1.60 bits per heavy atom. The molecule has 240 valence electrons. The van der Waals surface area contributed by atoms with Gasteiger partial charge in [0, 0.05) is 34.8 Å². The van der Waals surface area contributed by atoms with Gasteiger partial charge in [-0.05, 0) is 42.3 Å². The number of carbonyl (C=O) groups is 1. The van der Waals surface area contributed by atoms with Crippen molar-refractivity contribution in [3.05, 3.63) is 157 Å². The van der Waals surface area contributed by atoms with Crippen LogP contribution in [0.5, 0.6) is 11.5 Å². The van der Waals surface area contributed by atoms with E-state index in [1.165, 1.54) is 16.9 Å². The molecule has 0 bridgehead atoms. The van der Waals surface area contributed by atoms with Crippen LogP contribution >= 0.6 is 11.3 Å². The van der Waals surface area contributed by atoms with Gasteiger partial charge < -0.3 is 18.8 Å². The fourth-order valence-corrected chi connectivity index (χ4v) is 7.21. The molecule has 1 aliphatic rings. The van der Waals surface area contributed by atoms with E-state index in [0.717, 1.165) is 22.0 Å². The summed E-state index contributed by atoms with van der Waals surface area (Å²) in [4.78, 5) is 33.8. The van der Waals surface area contributed by atoms with Crippen molar-refractivity contribution in [3.8, 4) is 11.5 Å². The highest BCUT2D eigenvalue weighted by Gasteiger charge is 2.35. The average molecular weight is 656 g/mol. The molecule has 0 unspecified atom stereocenters. The standard InChI is InChI=1S/C39H33N3O5S/c1-4-47-38(44)34-35(26-15-9-6-10-16-26)40-39-42(36(34)27-19-20-31(45-2)32(21-27)46-3)37(43)33(48-39)22-28-24-41(23-25-13-7-5-8-14-25)30-18-12-11-17-29(28)30/h5-22,24,36H,4,23H2,1-3H3/b33-22-/t36-/m0/s1. The quantitative estimate of drug-likeness (QED) is 0.180. The fourth-order valence-electron chi connectivity index (χ4n) is 6.22. The summed E-state index contributed by atoms with van der Waals surface area (Å²) < 4.78 is 21.0. The molecule has 0 saturated heterocycles. The largest absolute Gasteiger partial charge is 0.493 e. The smallest absolute Gasteiger partial charge is 0.338 e. The number of ether oxygens (including phenoxy) is 3. The summed E-state index contributed by atoms with van der Waals surface area (Å²) in [5.41, 5.74) is 5.04. The number of nitrogens with zero attached hydrogens (tertiary/aromatic N) is 3. The zero-order valence-electron chi connectivity index (χ0n) is 26.8. The van der Waals surface area contributed by atoms with Gasteiger partial charge in [-0.2, -0.15) is 0 Å². The number of esters is 1. The number of hydrogen-bond donors (Lipinski definition) is 0. The summed E-state index contributed by atoms with van der Waals surface area (Å²) in [6.07, 6.45) is 4.01. The van der Waals surface area contributed by atoms with E-state index in [9.17, 15) is 9.59 Å². The second-order valence-electron chi connectivity index (χ2n) is 11.3. The third kappa shape index (κ3) is 5.62. The Kier molecular flexibility index (Phi) is 8.52. The number of benzene rings is 4. The topological polar surface area (TPSA) is 84.1 Å². The predicted molar refractivity (Wildman–Crippen MR) is 188 cm³/mol. The second-order valence-corrected chi connectivity index (χ2v) is 12.3. The van der Waals surface area contributed by atoms with E-state index in [0.29, 0.717) is 38.6 Å². The number of methoxy groups -OCH3 is 2. The van der Waals surface area contributed by atoms with Crippen molar-refractivity contribution >= 4 is 40.0 Å². The van der Waals surface area contributed by atoms with Gasteiger partial charge in [0.25, 0.3) is 5.56 Å². The van der Waals surface area contributed by atoms with Crippen LogP contribution in [0.3, 0.4) is 0 Å². The summed E-state index contributed by atoms with van der Waals surface area (Å²) >= 11 is 1.30. The van der Waals surface area contributed by atoms with Gasteiger partial charge in [0.1, 0.15) is 0 Å². The Bertz CT molecular complexity index is 2350. The van der Waals surface area contributed by atoms with Crippen molar-refractivity contribution in [2.45, 2.75) is 19.5 Å². The van der Waals surface area contributed by atoms with Crippen molar-refractivity contribution in [1.82, 2.24) is 9.13 Å². The van der Waals surface area contributed by atoms with E-state index >= 15 is 0 Å². The van der Waals surface area contributed by atoms with Gasteiger partial charge in [0.2, 0.25) is 0 Å². The average Bonchev–Trinajstić information content (AvgIpc) is 3.63. The number of rotatable bonds is 9. The zero-order chi connectivity index (χ0) is 33.2. The molecule has 0 N–H and O–H groups in total. The summed E-state index contributed by atoms with van der Waals surface area (Å²) in [6, 6.07) is 32.5. The molecule has 0 amide bonds. The molecule has 6 aromatic rings. The van der Waals surface area contributed by atoms with E-state index in [1.807, 2.05) is 72.8 Å². The van der Waals surface area contributed by atoms with Crippen LogP contribution in [0.1, 0.15) is 35.2 Å². The van der Waals surface area contributed by atoms with E-state index in [1.54, 1.807) is 37.8 Å². The van der Waals surface area contributed by atoms with Crippen LogP contribution < -0.4 is 24.4 Å². The van der Waals surface area contributed by atoms with Crippen LogP contribution in [0.15, 0.2) is 125 Å². The van der Waals surface area contributed by atoms with Crippen LogP contribution in [0, 0.1) is 0 Å². The zero-order valence-corrected chi connectivity index (χ0v) is 27.6. The Balaban J connectivity index is 1.47. The second kappa shape index (κ2) is 13.2. The molecule has 1 atom stereocenters.